The predicted molar refractivity (Wildman–Crippen MR) is 91.2 cm³/mol. The molecule has 0 N–H and O–H groups in total. The van der Waals surface area contributed by atoms with Crippen LogP contribution in [0.5, 0.6) is 5.75 Å². The van der Waals surface area contributed by atoms with Crippen LogP contribution in [0.4, 0.5) is 0 Å². The Morgan fingerprint density at radius 3 is 2.18 bits per heavy atom. The molecule has 1 aromatic carbocycles. The molecule has 0 atom stereocenters. The van der Waals surface area contributed by atoms with Crippen LogP contribution in [-0.2, 0) is 9.47 Å². The normalized spacial score (nSPS) is 12.1. The van der Waals surface area contributed by atoms with Crippen molar-refractivity contribution < 1.29 is 19.0 Å². The minimum Gasteiger partial charge on any atom is -0.468 e. The van der Waals surface area contributed by atoms with Crippen LogP contribution in [0.1, 0.15) is 31.1 Å². The molecule has 5 heteroatoms. The van der Waals surface area contributed by atoms with E-state index in [1.807, 2.05) is 20.8 Å². The van der Waals surface area contributed by atoms with Crippen LogP contribution in [-0.4, -0.2) is 33.0 Å². The summed E-state index contributed by atoms with van der Waals surface area (Å²) in [7, 11) is -1.06. The number of esters is 1. The summed E-state index contributed by atoms with van der Waals surface area (Å²) in [6.45, 7) is 13.4. The summed E-state index contributed by atoms with van der Waals surface area (Å²) in [4.78, 5) is 11.9. The molecule has 0 aliphatic heterocycles. The van der Waals surface area contributed by atoms with Gasteiger partial charge in [0, 0.05) is 14.7 Å². The Morgan fingerprint density at radius 2 is 1.68 bits per heavy atom. The van der Waals surface area contributed by atoms with Crippen molar-refractivity contribution in [3.05, 3.63) is 29.8 Å². The van der Waals surface area contributed by atoms with Crippen LogP contribution in [0.2, 0.25) is 25.7 Å². The Labute approximate surface area is 134 Å². The minimum atomic E-state index is -1.06. The fourth-order valence-electron chi connectivity index (χ4n) is 1.57. The van der Waals surface area contributed by atoms with Crippen molar-refractivity contribution in [2.75, 3.05) is 13.4 Å². The van der Waals surface area contributed by atoms with E-state index < -0.39 is 13.7 Å². The number of carbonyl (C=O) groups is 1. The molecule has 0 bridgehead atoms. The summed E-state index contributed by atoms with van der Waals surface area (Å²) >= 11 is 0. The SMILES string of the molecule is CC(C)(C)OC(=O)c1ccc(OCOCC[Si](C)(C)C)cc1. The van der Waals surface area contributed by atoms with E-state index in [9.17, 15) is 4.79 Å². The fourth-order valence-corrected chi connectivity index (χ4v) is 2.33. The Bertz CT molecular complexity index is 469. The van der Waals surface area contributed by atoms with Gasteiger partial charge in [0.05, 0.1) is 5.56 Å². The third-order valence-corrected chi connectivity index (χ3v) is 4.50. The Morgan fingerprint density at radius 1 is 1.09 bits per heavy atom. The summed E-state index contributed by atoms with van der Waals surface area (Å²) in [6, 6.07) is 8.02. The highest BCUT2D eigenvalue weighted by Gasteiger charge is 2.17. The van der Waals surface area contributed by atoms with Crippen LogP contribution in [0.3, 0.4) is 0 Å². The maximum Gasteiger partial charge on any atom is 0.338 e. The van der Waals surface area contributed by atoms with E-state index >= 15 is 0 Å². The van der Waals surface area contributed by atoms with Gasteiger partial charge in [-0.3, -0.25) is 0 Å². The zero-order valence-electron chi connectivity index (χ0n) is 14.6. The van der Waals surface area contributed by atoms with E-state index in [-0.39, 0.29) is 12.8 Å². The largest absolute Gasteiger partial charge is 0.468 e. The molecule has 1 aromatic rings. The highest BCUT2D eigenvalue weighted by Crippen LogP contribution is 2.16. The van der Waals surface area contributed by atoms with Crippen molar-refractivity contribution in [1.29, 1.82) is 0 Å². The number of hydrogen-bond acceptors (Lipinski definition) is 4. The van der Waals surface area contributed by atoms with E-state index in [4.69, 9.17) is 14.2 Å². The lowest BCUT2D eigenvalue weighted by atomic mass is 10.1. The fraction of sp³-hybridized carbons (Fsp3) is 0.588. The average Bonchev–Trinajstić information content (AvgIpc) is 2.35. The number of ether oxygens (including phenoxy) is 3. The van der Waals surface area contributed by atoms with Gasteiger partial charge in [-0.05, 0) is 51.1 Å². The molecule has 0 aliphatic carbocycles. The van der Waals surface area contributed by atoms with E-state index in [1.165, 1.54) is 0 Å². The molecule has 0 radical (unpaired) electrons. The summed E-state index contributed by atoms with van der Waals surface area (Å²) < 4.78 is 16.3. The van der Waals surface area contributed by atoms with E-state index in [0.717, 1.165) is 12.7 Å². The van der Waals surface area contributed by atoms with Gasteiger partial charge in [0.1, 0.15) is 11.4 Å². The predicted octanol–water partition coefficient (Wildman–Crippen LogP) is 4.33. The molecule has 0 saturated carbocycles. The number of carbonyl (C=O) groups excluding carboxylic acids is 1. The van der Waals surface area contributed by atoms with Gasteiger partial charge in [0.25, 0.3) is 0 Å². The lowest BCUT2D eigenvalue weighted by Crippen LogP contribution is -2.23. The summed E-state index contributed by atoms with van der Waals surface area (Å²) in [5.41, 5.74) is 0.0261. The van der Waals surface area contributed by atoms with Crippen molar-refractivity contribution in [3.63, 3.8) is 0 Å². The van der Waals surface area contributed by atoms with Gasteiger partial charge in [-0.1, -0.05) is 19.6 Å². The van der Waals surface area contributed by atoms with Gasteiger partial charge in [0.15, 0.2) is 6.79 Å². The van der Waals surface area contributed by atoms with Gasteiger partial charge in [-0.2, -0.15) is 0 Å². The summed E-state index contributed by atoms with van der Waals surface area (Å²) in [5.74, 6) is 0.353. The first-order valence-corrected chi connectivity index (χ1v) is 11.3. The first-order chi connectivity index (χ1) is 10.1. The zero-order chi connectivity index (χ0) is 16.8. The second-order valence-corrected chi connectivity index (χ2v) is 13.1. The summed E-state index contributed by atoms with van der Waals surface area (Å²) in [6.07, 6.45) is 0. The molecule has 0 amide bonds. The first-order valence-electron chi connectivity index (χ1n) is 7.61. The summed E-state index contributed by atoms with van der Waals surface area (Å²) in [5, 5.41) is 0. The van der Waals surface area contributed by atoms with Crippen LogP contribution >= 0.6 is 0 Å². The maximum absolute atomic E-state index is 11.9. The van der Waals surface area contributed by atoms with Crippen molar-refractivity contribution in [3.8, 4) is 5.75 Å². The van der Waals surface area contributed by atoms with Crippen LogP contribution in [0.25, 0.3) is 0 Å². The lowest BCUT2D eigenvalue weighted by molar-refractivity contribution is 0.00694. The van der Waals surface area contributed by atoms with E-state index in [2.05, 4.69) is 19.6 Å². The standard InChI is InChI=1S/C17H28O4Si/c1-17(2,3)21-16(18)14-7-9-15(10-8-14)20-13-19-11-12-22(4,5)6/h7-10H,11-13H2,1-6H3. The molecular formula is C17H28O4Si. The quantitative estimate of drug-likeness (QED) is 0.324. The molecule has 0 spiro atoms. The Hall–Kier alpha value is -1.33. The molecule has 1 rings (SSSR count). The average molecular weight is 324 g/mol. The van der Waals surface area contributed by atoms with Crippen LogP contribution < -0.4 is 4.74 Å². The molecule has 0 unspecified atom stereocenters. The highest BCUT2D eigenvalue weighted by molar-refractivity contribution is 6.76. The molecule has 4 nitrogen and oxygen atoms in total. The molecule has 124 valence electrons. The van der Waals surface area contributed by atoms with Gasteiger partial charge >= 0.3 is 5.97 Å². The Kier molecular flexibility index (Phi) is 6.62. The van der Waals surface area contributed by atoms with Crippen LogP contribution in [0, 0.1) is 0 Å². The van der Waals surface area contributed by atoms with Gasteiger partial charge in [0.2, 0.25) is 0 Å². The minimum absolute atomic E-state index is 0.232. The third kappa shape index (κ3) is 8.19. The van der Waals surface area contributed by atoms with Crippen molar-refractivity contribution in [2.45, 2.75) is 52.1 Å². The number of rotatable bonds is 7. The monoisotopic (exact) mass is 324 g/mol. The van der Waals surface area contributed by atoms with Crippen LogP contribution in [0.15, 0.2) is 24.3 Å². The molecule has 0 saturated heterocycles. The molecule has 0 aromatic heterocycles. The Balaban J connectivity index is 2.37. The van der Waals surface area contributed by atoms with Gasteiger partial charge in [-0.15, -0.1) is 0 Å². The molecule has 0 aliphatic rings. The number of benzene rings is 1. The molecule has 0 fully saturated rings. The van der Waals surface area contributed by atoms with E-state index in [1.54, 1.807) is 24.3 Å². The van der Waals surface area contributed by atoms with Crippen molar-refractivity contribution in [2.24, 2.45) is 0 Å². The third-order valence-electron chi connectivity index (χ3n) is 2.79. The molecular weight excluding hydrogens is 296 g/mol. The first kappa shape index (κ1) is 18.7. The molecule has 0 heterocycles. The number of hydrogen-bond donors (Lipinski definition) is 0. The smallest absolute Gasteiger partial charge is 0.338 e. The topological polar surface area (TPSA) is 44.8 Å². The van der Waals surface area contributed by atoms with Gasteiger partial charge in [-0.25, -0.2) is 4.79 Å². The zero-order valence-corrected chi connectivity index (χ0v) is 15.6. The second-order valence-electron chi connectivity index (χ2n) is 7.51. The van der Waals surface area contributed by atoms with E-state index in [0.29, 0.717) is 11.3 Å². The van der Waals surface area contributed by atoms with Crippen molar-refractivity contribution >= 4 is 14.0 Å². The van der Waals surface area contributed by atoms with Crippen molar-refractivity contribution in [1.82, 2.24) is 0 Å². The maximum atomic E-state index is 11.9. The second kappa shape index (κ2) is 7.79. The lowest BCUT2D eigenvalue weighted by Gasteiger charge is -2.19. The van der Waals surface area contributed by atoms with Gasteiger partial charge < -0.3 is 14.2 Å². The molecule has 22 heavy (non-hydrogen) atoms. The highest BCUT2D eigenvalue weighted by atomic mass is 28.3.